The number of nitrogens with one attached hydrogen (secondary N) is 1. The van der Waals surface area contributed by atoms with Crippen molar-refractivity contribution in [1.29, 1.82) is 0 Å². The van der Waals surface area contributed by atoms with Crippen LogP contribution in [0.3, 0.4) is 0 Å². The number of nitrogens with zero attached hydrogens (tertiary/aromatic N) is 1. The zero-order chi connectivity index (χ0) is 16.9. The fourth-order valence-electron chi connectivity index (χ4n) is 2.87. The molecule has 0 spiro atoms. The van der Waals surface area contributed by atoms with Crippen LogP contribution in [0.25, 0.3) is 11.3 Å². The lowest BCUT2D eigenvalue weighted by atomic mass is 9.89. The summed E-state index contributed by atoms with van der Waals surface area (Å²) in [6.07, 6.45) is 2.56. The molecule has 2 aromatic rings. The molecular weight excluding hydrogens is 308 g/mol. The number of aromatic nitrogens is 1. The molecule has 1 aromatic carbocycles. The SMILES string of the molecule is CCCOCCNC(=O)c1noc2c1CCc1ccc(OC)cc1-2. The fraction of sp³-hybridized carbons (Fsp3) is 0.444. The van der Waals surface area contributed by atoms with E-state index in [2.05, 4.69) is 10.5 Å². The molecule has 0 saturated carbocycles. The third-order valence-corrected chi connectivity index (χ3v) is 4.09. The molecule has 128 valence electrons. The molecule has 0 atom stereocenters. The molecule has 0 unspecified atom stereocenters. The van der Waals surface area contributed by atoms with Crippen LogP contribution in [0.15, 0.2) is 22.7 Å². The maximum atomic E-state index is 12.3. The third kappa shape index (κ3) is 3.28. The monoisotopic (exact) mass is 330 g/mol. The number of benzene rings is 1. The molecule has 6 heteroatoms. The van der Waals surface area contributed by atoms with Crippen LogP contribution >= 0.6 is 0 Å². The molecule has 0 aliphatic heterocycles. The lowest BCUT2D eigenvalue weighted by Crippen LogP contribution is -2.28. The second-order valence-electron chi connectivity index (χ2n) is 5.73. The van der Waals surface area contributed by atoms with Crippen LogP contribution < -0.4 is 10.1 Å². The summed E-state index contributed by atoms with van der Waals surface area (Å²) in [6.45, 7) is 3.71. The van der Waals surface area contributed by atoms with E-state index in [4.69, 9.17) is 14.0 Å². The number of hydrogen-bond donors (Lipinski definition) is 1. The van der Waals surface area contributed by atoms with Gasteiger partial charge in [0.15, 0.2) is 11.5 Å². The Labute approximate surface area is 141 Å². The van der Waals surface area contributed by atoms with Gasteiger partial charge in [0.1, 0.15) is 5.75 Å². The number of rotatable bonds is 7. The van der Waals surface area contributed by atoms with E-state index in [1.165, 1.54) is 5.56 Å². The highest BCUT2D eigenvalue weighted by atomic mass is 16.5. The van der Waals surface area contributed by atoms with Gasteiger partial charge >= 0.3 is 0 Å². The molecule has 1 amide bonds. The van der Waals surface area contributed by atoms with E-state index in [-0.39, 0.29) is 5.91 Å². The number of methoxy groups -OCH3 is 1. The predicted molar refractivity (Wildman–Crippen MR) is 89.3 cm³/mol. The molecule has 3 rings (SSSR count). The Morgan fingerprint density at radius 1 is 1.33 bits per heavy atom. The summed E-state index contributed by atoms with van der Waals surface area (Å²) < 4.78 is 16.1. The number of amides is 1. The lowest BCUT2D eigenvalue weighted by molar-refractivity contribution is 0.0906. The third-order valence-electron chi connectivity index (χ3n) is 4.09. The van der Waals surface area contributed by atoms with Crippen LogP contribution in [0.4, 0.5) is 0 Å². The molecule has 0 fully saturated rings. The van der Waals surface area contributed by atoms with Gasteiger partial charge in [0.05, 0.1) is 13.7 Å². The fourth-order valence-corrected chi connectivity index (χ4v) is 2.87. The Morgan fingerprint density at radius 3 is 3.00 bits per heavy atom. The zero-order valence-electron chi connectivity index (χ0n) is 14.1. The molecular formula is C18H22N2O4. The van der Waals surface area contributed by atoms with E-state index in [9.17, 15) is 4.79 Å². The van der Waals surface area contributed by atoms with Gasteiger partial charge in [0.25, 0.3) is 5.91 Å². The number of aryl methyl sites for hydroxylation is 1. The topological polar surface area (TPSA) is 73.6 Å². The van der Waals surface area contributed by atoms with Gasteiger partial charge in [-0.05, 0) is 37.0 Å². The first-order valence-corrected chi connectivity index (χ1v) is 8.26. The summed E-state index contributed by atoms with van der Waals surface area (Å²) in [4.78, 5) is 12.3. The summed E-state index contributed by atoms with van der Waals surface area (Å²) >= 11 is 0. The first-order chi connectivity index (χ1) is 11.7. The lowest BCUT2D eigenvalue weighted by Gasteiger charge is -2.15. The van der Waals surface area contributed by atoms with Crippen LogP contribution in [0.1, 0.15) is 35.0 Å². The van der Waals surface area contributed by atoms with Crippen molar-refractivity contribution in [3.8, 4) is 17.1 Å². The highest BCUT2D eigenvalue weighted by Gasteiger charge is 2.27. The minimum absolute atomic E-state index is 0.216. The summed E-state index contributed by atoms with van der Waals surface area (Å²) in [5, 5.41) is 6.83. The highest BCUT2D eigenvalue weighted by Crippen LogP contribution is 2.37. The van der Waals surface area contributed by atoms with Gasteiger partial charge in [0, 0.05) is 24.3 Å². The van der Waals surface area contributed by atoms with Crippen LogP contribution in [-0.2, 0) is 17.6 Å². The number of hydrogen-bond acceptors (Lipinski definition) is 5. The van der Waals surface area contributed by atoms with Crippen molar-refractivity contribution >= 4 is 5.91 Å². The standard InChI is InChI=1S/C18H22N2O4/c1-3-9-23-10-8-19-18(21)16-14-7-5-12-4-6-13(22-2)11-15(12)17(14)24-20-16/h4,6,11H,3,5,7-10H2,1-2H3,(H,19,21). The Morgan fingerprint density at radius 2 is 2.21 bits per heavy atom. The molecule has 0 radical (unpaired) electrons. The van der Waals surface area contributed by atoms with E-state index in [1.807, 2.05) is 25.1 Å². The quantitative estimate of drug-likeness (QED) is 0.790. The Bertz CT molecular complexity index is 724. The van der Waals surface area contributed by atoms with Gasteiger partial charge in [-0.3, -0.25) is 4.79 Å². The molecule has 24 heavy (non-hydrogen) atoms. The summed E-state index contributed by atoms with van der Waals surface area (Å²) in [6, 6.07) is 5.90. The number of carbonyl (C=O) groups excluding carboxylic acids is 1. The van der Waals surface area contributed by atoms with E-state index in [0.717, 1.165) is 36.1 Å². The number of carbonyl (C=O) groups is 1. The van der Waals surface area contributed by atoms with Gasteiger partial charge in [-0.25, -0.2) is 0 Å². The van der Waals surface area contributed by atoms with Crippen LogP contribution in [-0.4, -0.2) is 37.9 Å². The van der Waals surface area contributed by atoms with E-state index in [0.29, 0.717) is 31.2 Å². The van der Waals surface area contributed by atoms with Gasteiger partial charge in [-0.15, -0.1) is 0 Å². The minimum Gasteiger partial charge on any atom is -0.497 e. The van der Waals surface area contributed by atoms with Crippen molar-refractivity contribution in [2.24, 2.45) is 0 Å². The molecule has 1 aliphatic rings. The Hall–Kier alpha value is -2.34. The van der Waals surface area contributed by atoms with Crippen molar-refractivity contribution in [3.05, 3.63) is 35.0 Å². The van der Waals surface area contributed by atoms with Crippen molar-refractivity contribution in [3.63, 3.8) is 0 Å². The van der Waals surface area contributed by atoms with Gasteiger partial charge in [-0.1, -0.05) is 18.1 Å². The summed E-state index contributed by atoms with van der Waals surface area (Å²) in [7, 11) is 1.63. The number of fused-ring (bicyclic) bond motifs is 3. The van der Waals surface area contributed by atoms with Crippen LogP contribution in [0.5, 0.6) is 5.75 Å². The average Bonchev–Trinajstić information content (AvgIpc) is 3.05. The molecule has 1 N–H and O–H groups in total. The summed E-state index contributed by atoms with van der Waals surface area (Å²) in [5.41, 5.74) is 3.37. The van der Waals surface area contributed by atoms with E-state index < -0.39 is 0 Å². The van der Waals surface area contributed by atoms with Gasteiger partial charge in [-0.2, -0.15) is 0 Å². The minimum atomic E-state index is -0.216. The second kappa shape index (κ2) is 7.49. The molecule has 0 bridgehead atoms. The summed E-state index contributed by atoms with van der Waals surface area (Å²) in [5.74, 6) is 1.21. The smallest absolute Gasteiger partial charge is 0.273 e. The van der Waals surface area contributed by atoms with Crippen LogP contribution in [0.2, 0.25) is 0 Å². The average molecular weight is 330 g/mol. The Kier molecular flexibility index (Phi) is 5.15. The first kappa shape index (κ1) is 16.5. The normalized spacial score (nSPS) is 12.4. The predicted octanol–water partition coefficient (Wildman–Crippen LogP) is 2.61. The maximum Gasteiger partial charge on any atom is 0.273 e. The van der Waals surface area contributed by atoms with Gasteiger partial charge < -0.3 is 19.3 Å². The van der Waals surface area contributed by atoms with Crippen molar-refractivity contribution < 1.29 is 18.8 Å². The van der Waals surface area contributed by atoms with Crippen molar-refractivity contribution in [2.45, 2.75) is 26.2 Å². The van der Waals surface area contributed by atoms with E-state index >= 15 is 0 Å². The van der Waals surface area contributed by atoms with Crippen molar-refractivity contribution in [2.75, 3.05) is 26.9 Å². The largest absolute Gasteiger partial charge is 0.497 e. The molecule has 6 nitrogen and oxygen atoms in total. The second-order valence-corrected chi connectivity index (χ2v) is 5.73. The zero-order valence-corrected chi connectivity index (χ0v) is 14.1. The van der Waals surface area contributed by atoms with Crippen molar-refractivity contribution in [1.82, 2.24) is 10.5 Å². The maximum absolute atomic E-state index is 12.3. The Balaban J connectivity index is 1.75. The molecule has 1 heterocycles. The van der Waals surface area contributed by atoms with E-state index in [1.54, 1.807) is 7.11 Å². The van der Waals surface area contributed by atoms with Crippen LogP contribution in [0, 0.1) is 0 Å². The van der Waals surface area contributed by atoms with Gasteiger partial charge in [0.2, 0.25) is 0 Å². The molecule has 1 aromatic heterocycles. The molecule has 0 saturated heterocycles. The first-order valence-electron chi connectivity index (χ1n) is 8.26. The highest BCUT2D eigenvalue weighted by molar-refractivity contribution is 5.95. The molecule has 1 aliphatic carbocycles. The number of ether oxygens (including phenoxy) is 2.